The molecule has 0 spiro atoms. The van der Waals surface area contributed by atoms with Crippen LogP contribution in [0.3, 0.4) is 0 Å². The van der Waals surface area contributed by atoms with Gasteiger partial charge in [0, 0.05) is 18.8 Å². The summed E-state index contributed by atoms with van der Waals surface area (Å²) in [5, 5.41) is 9.60. The second-order valence-electron chi connectivity index (χ2n) is 8.20. The summed E-state index contributed by atoms with van der Waals surface area (Å²) in [5.74, 6) is 0.909. The van der Waals surface area contributed by atoms with E-state index in [4.69, 9.17) is 10.5 Å². The minimum absolute atomic E-state index is 0.0514. The van der Waals surface area contributed by atoms with Gasteiger partial charge in [-0.15, -0.1) is 0 Å². The molecule has 0 saturated heterocycles. The van der Waals surface area contributed by atoms with Gasteiger partial charge in [-0.1, -0.05) is 19.9 Å². The van der Waals surface area contributed by atoms with Gasteiger partial charge in [-0.2, -0.15) is 5.26 Å². The van der Waals surface area contributed by atoms with Crippen molar-refractivity contribution in [3.05, 3.63) is 47.3 Å². The zero-order valence-electron chi connectivity index (χ0n) is 16.8. The van der Waals surface area contributed by atoms with Crippen molar-refractivity contribution in [2.24, 2.45) is 11.7 Å². The van der Waals surface area contributed by atoms with Crippen molar-refractivity contribution in [2.45, 2.75) is 39.3 Å². The first-order chi connectivity index (χ1) is 13.2. The van der Waals surface area contributed by atoms with E-state index in [0.717, 1.165) is 23.2 Å². The summed E-state index contributed by atoms with van der Waals surface area (Å²) < 4.78 is 5.88. The monoisotopic (exact) mass is 378 g/mol. The largest absolute Gasteiger partial charge is 0.490 e. The maximum atomic E-state index is 12.5. The number of benzene rings is 1. The van der Waals surface area contributed by atoms with Gasteiger partial charge in [0.15, 0.2) is 0 Å². The van der Waals surface area contributed by atoms with Crippen LogP contribution in [0.4, 0.5) is 0 Å². The molecule has 0 saturated carbocycles. The van der Waals surface area contributed by atoms with Crippen LogP contribution in [0, 0.1) is 17.2 Å². The van der Waals surface area contributed by atoms with Crippen molar-refractivity contribution in [3.63, 3.8) is 0 Å². The molecular formula is C22H26N4O2. The lowest BCUT2D eigenvalue weighted by Gasteiger charge is -2.26. The number of ether oxygens (including phenoxy) is 1. The Morgan fingerprint density at radius 2 is 2.14 bits per heavy atom. The van der Waals surface area contributed by atoms with Crippen LogP contribution in [0.1, 0.15) is 48.8 Å². The Bertz CT molecular complexity index is 944. The summed E-state index contributed by atoms with van der Waals surface area (Å²) in [7, 11) is 1.76. The average Bonchev–Trinajstić information content (AvgIpc) is 2.93. The Balaban J connectivity index is 1.89. The van der Waals surface area contributed by atoms with E-state index in [1.807, 2.05) is 19.1 Å². The van der Waals surface area contributed by atoms with Gasteiger partial charge in [-0.25, -0.2) is 0 Å². The number of pyridine rings is 1. The number of fused-ring (bicyclic) bond motifs is 1. The molecule has 6 heteroatoms. The Kier molecular flexibility index (Phi) is 5.39. The molecule has 1 aromatic carbocycles. The third kappa shape index (κ3) is 4.00. The number of hydrogen-bond donors (Lipinski definition) is 1. The van der Waals surface area contributed by atoms with Gasteiger partial charge in [0.1, 0.15) is 18.4 Å². The molecule has 2 heterocycles. The molecular weight excluding hydrogens is 352 g/mol. The number of nitriles is 1. The zero-order valence-corrected chi connectivity index (χ0v) is 16.8. The molecule has 1 atom stereocenters. The molecule has 1 unspecified atom stereocenters. The molecule has 1 aliphatic heterocycles. The predicted molar refractivity (Wildman–Crippen MR) is 108 cm³/mol. The van der Waals surface area contributed by atoms with Crippen LogP contribution in [0.2, 0.25) is 0 Å². The van der Waals surface area contributed by atoms with E-state index >= 15 is 0 Å². The summed E-state index contributed by atoms with van der Waals surface area (Å²) in [4.78, 5) is 18.5. The minimum atomic E-state index is -0.470. The highest BCUT2D eigenvalue weighted by Gasteiger charge is 2.29. The fraction of sp³-hybridized carbons (Fsp3) is 0.409. The zero-order chi connectivity index (χ0) is 20.5. The first-order valence-corrected chi connectivity index (χ1v) is 9.41. The Morgan fingerprint density at radius 1 is 1.39 bits per heavy atom. The van der Waals surface area contributed by atoms with Crippen LogP contribution in [-0.2, 0) is 6.54 Å². The molecule has 28 heavy (non-hydrogen) atoms. The smallest absolute Gasteiger partial charge is 0.256 e. The normalized spacial score (nSPS) is 15.3. The van der Waals surface area contributed by atoms with Crippen LogP contribution in [0.15, 0.2) is 30.5 Å². The van der Waals surface area contributed by atoms with E-state index in [-0.39, 0.29) is 5.91 Å². The van der Waals surface area contributed by atoms with E-state index in [1.54, 1.807) is 30.3 Å². The number of hydrogen-bond acceptors (Lipinski definition) is 5. The molecule has 0 radical (unpaired) electrons. The van der Waals surface area contributed by atoms with Gasteiger partial charge in [0.05, 0.1) is 23.4 Å². The molecule has 3 rings (SSSR count). The Labute approximate surface area is 165 Å². The summed E-state index contributed by atoms with van der Waals surface area (Å²) in [6.07, 6.45) is 2.52. The Hall–Kier alpha value is -2.91. The highest BCUT2D eigenvalue weighted by molar-refractivity contribution is 6.03. The standard InChI is InChI=1S/C22H26N4O2/c1-14(2)10-22(3,24)13-28-19-6-5-15(9-16(19)11-23)17-7-8-25-18-12-26(4)21(27)20(17)18/h5-9,14H,10,12-13,24H2,1-4H3. The van der Waals surface area contributed by atoms with Crippen molar-refractivity contribution in [2.75, 3.05) is 13.7 Å². The van der Waals surface area contributed by atoms with Gasteiger partial charge in [-0.05, 0) is 48.6 Å². The summed E-state index contributed by atoms with van der Waals surface area (Å²) >= 11 is 0. The summed E-state index contributed by atoms with van der Waals surface area (Å²) in [5.41, 5.74) is 9.20. The lowest BCUT2D eigenvalue weighted by Crippen LogP contribution is -2.43. The molecule has 1 aromatic heterocycles. The number of amides is 1. The molecule has 1 amide bonds. The van der Waals surface area contributed by atoms with Gasteiger partial charge in [-0.3, -0.25) is 9.78 Å². The van der Waals surface area contributed by atoms with Crippen LogP contribution in [0.5, 0.6) is 5.75 Å². The van der Waals surface area contributed by atoms with Gasteiger partial charge in [0.25, 0.3) is 5.91 Å². The highest BCUT2D eigenvalue weighted by Crippen LogP contribution is 2.33. The number of rotatable bonds is 6. The first-order valence-electron chi connectivity index (χ1n) is 9.41. The lowest BCUT2D eigenvalue weighted by atomic mass is 9.93. The molecule has 0 fully saturated rings. The van der Waals surface area contributed by atoms with E-state index in [1.165, 1.54) is 0 Å². The fourth-order valence-electron chi connectivity index (χ4n) is 3.74. The van der Waals surface area contributed by atoms with Gasteiger partial charge < -0.3 is 15.4 Å². The van der Waals surface area contributed by atoms with Crippen molar-refractivity contribution in [1.82, 2.24) is 9.88 Å². The topological polar surface area (TPSA) is 92.2 Å². The van der Waals surface area contributed by atoms with Crippen LogP contribution >= 0.6 is 0 Å². The number of nitrogens with two attached hydrogens (primary N) is 1. The quantitative estimate of drug-likeness (QED) is 0.832. The fourth-order valence-corrected chi connectivity index (χ4v) is 3.74. The molecule has 146 valence electrons. The van der Waals surface area contributed by atoms with Crippen molar-refractivity contribution in [3.8, 4) is 22.9 Å². The van der Waals surface area contributed by atoms with Crippen molar-refractivity contribution < 1.29 is 9.53 Å². The SMILES string of the molecule is CC(C)CC(C)(N)COc1ccc(-c2ccnc3c2C(=O)N(C)C3)cc1C#N. The molecule has 2 aromatic rings. The summed E-state index contributed by atoms with van der Waals surface area (Å²) in [6.45, 7) is 7.02. The number of nitrogens with zero attached hydrogens (tertiary/aromatic N) is 3. The first kappa shape index (κ1) is 19.8. The maximum absolute atomic E-state index is 12.5. The molecule has 1 aliphatic rings. The Morgan fingerprint density at radius 3 is 2.82 bits per heavy atom. The van der Waals surface area contributed by atoms with E-state index in [0.29, 0.717) is 35.9 Å². The summed E-state index contributed by atoms with van der Waals surface area (Å²) in [6, 6.07) is 9.40. The third-order valence-electron chi connectivity index (χ3n) is 4.82. The molecule has 2 N–H and O–H groups in total. The molecule has 0 bridgehead atoms. The third-order valence-corrected chi connectivity index (χ3v) is 4.82. The van der Waals surface area contributed by atoms with Crippen molar-refractivity contribution in [1.29, 1.82) is 5.26 Å². The van der Waals surface area contributed by atoms with Crippen LogP contribution in [-0.4, -0.2) is 35.0 Å². The van der Waals surface area contributed by atoms with E-state index in [2.05, 4.69) is 24.9 Å². The van der Waals surface area contributed by atoms with E-state index < -0.39 is 5.54 Å². The van der Waals surface area contributed by atoms with Crippen molar-refractivity contribution >= 4 is 5.91 Å². The van der Waals surface area contributed by atoms with Crippen LogP contribution < -0.4 is 10.5 Å². The van der Waals surface area contributed by atoms with Crippen LogP contribution in [0.25, 0.3) is 11.1 Å². The number of carbonyl (C=O) groups is 1. The van der Waals surface area contributed by atoms with Gasteiger partial charge >= 0.3 is 0 Å². The minimum Gasteiger partial charge on any atom is -0.490 e. The maximum Gasteiger partial charge on any atom is 0.256 e. The average molecular weight is 378 g/mol. The molecule has 0 aliphatic carbocycles. The number of carbonyl (C=O) groups excluding carboxylic acids is 1. The molecule has 6 nitrogen and oxygen atoms in total. The predicted octanol–water partition coefficient (Wildman–Crippen LogP) is 3.35. The van der Waals surface area contributed by atoms with E-state index in [9.17, 15) is 10.1 Å². The lowest BCUT2D eigenvalue weighted by molar-refractivity contribution is 0.0817. The second-order valence-corrected chi connectivity index (χ2v) is 8.20. The highest BCUT2D eigenvalue weighted by atomic mass is 16.5. The number of aromatic nitrogens is 1. The second kappa shape index (κ2) is 7.61. The van der Waals surface area contributed by atoms with Gasteiger partial charge in [0.2, 0.25) is 0 Å².